The van der Waals surface area contributed by atoms with Crippen LogP contribution in [-0.2, 0) is 17.8 Å². The van der Waals surface area contributed by atoms with Crippen LogP contribution in [0.2, 0.25) is 0 Å². The van der Waals surface area contributed by atoms with Gasteiger partial charge in [0.2, 0.25) is 5.91 Å². The molecule has 0 aliphatic carbocycles. The number of carbonyl (C=O) groups is 1. The molecule has 0 fully saturated rings. The molecule has 1 unspecified atom stereocenters. The average molecular weight is 316 g/mol. The van der Waals surface area contributed by atoms with E-state index >= 15 is 0 Å². The Morgan fingerprint density at radius 1 is 1.22 bits per heavy atom. The number of nitrogens with two attached hydrogens (primary N) is 1. The summed E-state index contributed by atoms with van der Waals surface area (Å²) in [5, 5.41) is 3.03. The number of carbonyl (C=O) groups excluding carboxylic acids is 1. The molecule has 0 radical (unpaired) electrons. The lowest BCUT2D eigenvalue weighted by molar-refractivity contribution is -0.119. The van der Waals surface area contributed by atoms with Gasteiger partial charge in [-0.05, 0) is 36.2 Å². The van der Waals surface area contributed by atoms with Crippen LogP contribution in [0.25, 0.3) is 0 Å². The summed E-state index contributed by atoms with van der Waals surface area (Å²) in [6.45, 7) is 2.69. The van der Waals surface area contributed by atoms with Gasteiger partial charge >= 0.3 is 0 Å². The van der Waals surface area contributed by atoms with Crippen LogP contribution >= 0.6 is 0 Å². The molecule has 1 atom stereocenters. The summed E-state index contributed by atoms with van der Waals surface area (Å²) in [5.74, 6) is 0.146. The van der Waals surface area contributed by atoms with Gasteiger partial charge in [0, 0.05) is 13.0 Å². The van der Waals surface area contributed by atoms with Gasteiger partial charge in [-0.2, -0.15) is 0 Å². The molecule has 2 aromatic carbocycles. The van der Waals surface area contributed by atoms with Crippen molar-refractivity contribution >= 4 is 5.91 Å². The van der Waals surface area contributed by atoms with Crippen molar-refractivity contribution in [2.45, 2.75) is 25.9 Å². The molecule has 0 aliphatic rings. The van der Waals surface area contributed by atoms with E-state index in [1.165, 1.54) is 6.07 Å². The van der Waals surface area contributed by atoms with Crippen molar-refractivity contribution in [2.75, 3.05) is 6.61 Å². The molecule has 0 saturated carbocycles. The Morgan fingerprint density at radius 2 is 1.91 bits per heavy atom. The molecule has 5 heteroatoms. The van der Waals surface area contributed by atoms with Crippen molar-refractivity contribution in [1.82, 2.24) is 5.32 Å². The minimum atomic E-state index is -0.377. The summed E-state index contributed by atoms with van der Waals surface area (Å²) in [7, 11) is 0. The summed E-state index contributed by atoms with van der Waals surface area (Å²) >= 11 is 0. The third-order valence-corrected chi connectivity index (χ3v) is 3.56. The van der Waals surface area contributed by atoms with Gasteiger partial charge in [-0.1, -0.05) is 30.3 Å². The summed E-state index contributed by atoms with van der Waals surface area (Å²) < 4.78 is 19.1. The van der Waals surface area contributed by atoms with Gasteiger partial charge < -0.3 is 15.8 Å². The number of halogens is 1. The predicted molar refractivity (Wildman–Crippen MR) is 87.5 cm³/mol. The van der Waals surface area contributed by atoms with Crippen LogP contribution in [0.5, 0.6) is 5.75 Å². The van der Waals surface area contributed by atoms with Crippen LogP contribution in [-0.4, -0.2) is 18.6 Å². The molecule has 0 bridgehead atoms. The van der Waals surface area contributed by atoms with Crippen LogP contribution < -0.4 is 15.8 Å². The third kappa shape index (κ3) is 5.38. The van der Waals surface area contributed by atoms with Gasteiger partial charge in [-0.15, -0.1) is 0 Å². The van der Waals surface area contributed by atoms with Crippen molar-refractivity contribution < 1.29 is 13.9 Å². The Balaban J connectivity index is 1.79. The van der Waals surface area contributed by atoms with Crippen LogP contribution in [0, 0.1) is 5.82 Å². The number of benzene rings is 2. The molecule has 4 nitrogen and oxygen atoms in total. The van der Waals surface area contributed by atoms with E-state index in [1.807, 2.05) is 30.3 Å². The minimum absolute atomic E-state index is 0.207. The molecule has 2 aromatic rings. The van der Waals surface area contributed by atoms with Crippen LogP contribution in [0.1, 0.15) is 18.1 Å². The SMILES string of the molecule is CC(NCc1ccc(OCCc2ccccc2F)cc1)C(N)=O. The Hall–Kier alpha value is -2.40. The summed E-state index contributed by atoms with van der Waals surface area (Å²) in [6.07, 6.45) is 0.520. The van der Waals surface area contributed by atoms with E-state index in [2.05, 4.69) is 5.32 Å². The zero-order chi connectivity index (χ0) is 16.7. The second-order valence-electron chi connectivity index (χ2n) is 5.34. The van der Waals surface area contributed by atoms with Gasteiger partial charge in [-0.25, -0.2) is 4.39 Å². The first-order valence-electron chi connectivity index (χ1n) is 7.54. The van der Waals surface area contributed by atoms with E-state index in [1.54, 1.807) is 19.1 Å². The van der Waals surface area contributed by atoms with Gasteiger partial charge in [0.05, 0.1) is 12.6 Å². The number of ether oxygens (including phenoxy) is 1. The smallest absolute Gasteiger partial charge is 0.234 e. The number of hydrogen-bond acceptors (Lipinski definition) is 3. The molecule has 0 saturated heterocycles. The molecule has 0 heterocycles. The topological polar surface area (TPSA) is 64.3 Å². The number of rotatable bonds is 8. The minimum Gasteiger partial charge on any atom is -0.493 e. The van der Waals surface area contributed by atoms with E-state index in [0.717, 1.165) is 11.3 Å². The highest BCUT2D eigenvalue weighted by Crippen LogP contribution is 2.13. The molecule has 0 aliphatic heterocycles. The maximum Gasteiger partial charge on any atom is 0.234 e. The maximum absolute atomic E-state index is 13.5. The maximum atomic E-state index is 13.5. The molecule has 0 spiro atoms. The Kier molecular flexibility index (Phi) is 6.11. The number of nitrogens with one attached hydrogen (secondary N) is 1. The van der Waals surface area contributed by atoms with Gasteiger partial charge in [0.1, 0.15) is 11.6 Å². The predicted octanol–water partition coefficient (Wildman–Crippen LogP) is 2.41. The summed E-state index contributed by atoms with van der Waals surface area (Å²) in [4.78, 5) is 10.9. The fraction of sp³-hybridized carbons (Fsp3) is 0.278. The summed E-state index contributed by atoms with van der Waals surface area (Å²) in [5.41, 5.74) is 6.86. The molecule has 3 N–H and O–H groups in total. The van der Waals surface area contributed by atoms with Crippen molar-refractivity contribution in [3.63, 3.8) is 0 Å². The summed E-state index contributed by atoms with van der Waals surface area (Å²) in [6, 6.07) is 13.9. The van der Waals surface area contributed by atoms with Gasteiger partial charge in [0.25, 0.3) is 0 Å². The number of primary amides is 1. The number of amides is 1. The molecule has 2 rings (SSSR count). The quantitative estimate of drug-likeness (QED) is 0.786. The van der Waals surface area contributed by atoms with Crippen molar-refractivity contribution in [1.29, 1.82) is 0 Å². The standard InChI is InChI=1S/C18H21FN2O2/c1-13(18(20)22)21-12-14-6-8-16(9-7-14)23-11-10-15-4-2-3-5-17(15)19/h2-9,13,21H,10-12H2,1H3,(H2,20,22). The fourth-order valence-electron chi connectivity index (χ4n) is 2.06. The van der Waals surface area contributed by atoms with E-state index in [-0.39, 0.29) is 17.8 Å². The Morgan fingerprint density at radius 3 is 2.57 bits per heavy atom. The normalized spacial score (nSPS) is 11.9. The number of hydrogen-bond donors (Lipinski definition) is 2. The van der Waals surface area contributed by atoms with E-state index in [9.17, 15) is 9.18 Å². The Bertz CT molecular complexity index is 644. The second-order valence-corrected chi connectivity index (χ2v) is 5.34. The lowest BCUT2D eigenvalue weighted by Gasteiger charge is -2.11. The second kappa shape index (κ2) is 8.29. The lowest BCUT2D eigenvalue weighted by atomic mass is 10.1. The van der Waals surface area contributed by atoms with Crippen molar-refractivity contribution in [3.8, 4) is 5.75 Å². The highest BCUT2D eigenvalue weighted by molar-refractivity contribution is 5.79. The zero-order valence-electron chi connectivity index (χ0n) is 13.1. The molecule has 1 amide bonds. The lowest BCUT2D eigenvalue weighted by Crippen LogP contribution is -2.38. The first-order valence-corrected chi connectivity index (χ1v) is 7.54. The fourth-order valence-corrected chi connectivity index (χ4v) is 2.06. The molecular formula is C18H21FN2O2. The van der Waals surface area contributed by atoms with E-state index < -0.39 is 0 Å². The molecule has 122 valence electrons. The third-order valence-electron chi connectivity index (χ3n) is 3.56. The van der Waals surface area contributed by atoms with Gasteiger partial charge in [0.15, 0.2) is 0 Å². The average Bonchev–Trinajstić information content (AvgIpc) is 2.55. The Labute approximate surface area is 135 Å². The van der Waals surface area contributed by atoms with Crippen LogP contribution in [0.15, 0.2) is 48.5 Å². The van der Waals surface area contributed by atoms with Crippen LogP contribution in [0.3, 0.4) is 0 Å². The van der Waals surface area contributed by atoms with E-state index in [0.29, 0.717) is 25.1 Å². The van der Waals surface area contributed by atoms with Crippen molar-refractivity contribution in [3.05, 3.63) is 65.5 Å². The van der Waals surface area contributed by atoms with Crippen LogP contribution in [0.4, 0.5) is 4.39 Å². The first kappa shape index (κ1) is 17.0. The molecular weight excluding hydrogens is 295 g/mol. The monoisotopic (exact) mass is 316 g/mol. The van der Waals surface area contributed by atoms with Crippen molar-refractivity contribution in [2.24, 2.45) is 5.73 Å². The highest BCUT2D eigenvalue weighted by atomic mass is 19.1. The molecule has 23 heavy (non-hydrogen) atoms. The van der Waals surface area contributed by atoms with Gasteiger partial charge in [-0.3, -0.25) is 4.79 Å². The zero-order valence-corrected chi connectivity index (χ0v) is 13.1. The molecule has 0 aromatic heterocycles. The van der Waals surface area contributed by atoms with E-state index in [4.69, 9.17) is 10.5 Å². The first-order chi connectivity index (χ1) is 11.1. The largest absolute Gasteiger partial charge is 0.493 e. The highest BCUT2D eigenvalue weighted by Gasteiger charge is 2.07.